The molecule has 0 aromatic rings. The minimum atomic E-state index is -3.40. The molecule has 0 N–H and O–H groups in total. The van der Waals surface area contributed by atoms with E-state index >= 15 is 0 Å². The van der Waals surface area contributed by atoms with Crippen LogP contribution in [-0.4, -0.2) is 20.4 Å². The van der Waals surface area contributed by atoms with Gasteiger partial charge in [0.05, 0.1) is 5.75 Å². The molecular weight excluding hydrogens is 166 g/mol. The van der Waals surface area contributed by atoms with E-state index in [0.29, 0.717) is 12.8 Å². The fourth-order valence-corrected chi connectivity index (χ4v) is 1.22. The molecule has 0 rings (SSSR count). The SMILES string of the molecule is CCC=NOS(=O)(=O)CCC. The highest BCUT2D eigenvalue weighted by molar-refractivity contribution is 7.86. The van der Waals surface area contributed by atoms with Crippen LogP contribution in [0, 0.1) is 0 Å². The fourth-order valence-electron chi connectivity index (χ4n) is 0.458. The van der Waals surface area contributed by atoms with E-state index in [1.165, 1.54) is 6.21 Å². The van der Waals surface area contributed by atoms with Gasteiger partial charge < -0.3 is 0 Å². The molecule has 0 heterocycles. The fraction of sp³-hybridized carbons (Fsp3) is 0.833. The van der Waals surface area contributed by atoms with Crippen molar-refractivity contribution in [2.75, 3.05) is 5.75 Å². The van der Waals surface area contributed by atoms with Gasteiger partial charge >= 0.3 is 10.1 Å². The van der Waals surface area contributed by atoms with Gasteiger partial charge in [0.2, 0.25) is 0 Å². The number of hydrogen-bond donors (Lipinski definition) is 0. The van der Waals surface area contributed by atoms with E-state index in [1.807, 2.05) is 6.92 Å². The van der Waals surface area contributed by atoms with Gasteiger partial charge in [0.25, 0.3) is 0 Å². The zero-order valence-electron chi connectivity index (χ0n) is 6.78. The lowest BCUT2D eigenvalue weighted by molar-refractivity contribution is 0.340. The van der Waals surface area contributed by atoms with E-state index in [1.54, 1.807) is 6.92 Å². The molecule has 0 amide bonds. The highest BCUT2D eigenvalue weighted by Gasteiger charge is 2.07. The normalized spacial score (nSPS) is 12.2. The van der Waals surface area contributed by atoms with Crippen molar-refractivity contribution in [1.82, 2.24) is 0 Å². The maximum Gasteiger partial charge on any atom is 0.328 e. The largest absolute Gasteiger partial charge is 0.328 e. The molecule has 0 fully saturated rings. The van der Waals surface area contributed by atoms with Gasteiger partial charge in [-0.1, -0.05) is 19.0 Å². The second-order valence-electron chi connectivity index (χ2n) is 2.03. The standard InChI is InChI=1S/C6H13NO3S/c1-3-5-7-10-11(8,9)6-4-2/h5H,3-4,6H2,1-2H3. The van der Waals surface area contributed by atoms with Gasteiger partial charge in [0, 0.05) is 6.21 Å². The van der Waals surface area contributed by atoms with Gasteiger partial charge in [-0.2, -0.15) is 8.42 Å². The molecule has 4 nitrogen and oxygen atoms in total. The van der Waals surface area contributed by atoms with Crippen molar-refractivity contribution in [3.8, 4) is 0 Å². The first-order valence-electron chi connectivity index (χ1n) is 3.55. The van der Waals surface area contributed by atoms with Crippen molar-refractivity contribution >= 4 is 16.3 Å². The Morgan fingerprint density at radius 3 is 2.55 bits per heavy atom. The molecule has 0 aliphatic rings. The van der Waals surface area contributed by atoms with E-state index in [0.717, 1.165) is 0 Å². The third-order valence-electron chi connectivity index (χ3n) is 0.868. The smallest absolute Gasteiger partial charge is 0.269 e. The molecule has 0 radical (unpaired) electrons. The highest BCUT2D eigenvalue weighted by atomic mass is 32.2. The average molecular weight is 179 g/mol. The summed E-state index contributed by atoms with van der Waals surface area (Å²) in [4.78, 5) is 0. The van der Waals surface area contributed by atoms with E-state index in [4.69, 9.17) is 0 Å². The molecule has 0 aliphatic carbocycles. The van der Waals surface area contributed by atoms with Gasteiger partial charge in [-0.3, -0.25) is 4.28 Å². The molecule has 0 bridgehead atoms. The number of oxime groups is 1. The van der Waals surface area contributed by atoms with Crippen molar-refractivity contribution in [3.63, 3.8) is 0 Å². The first-order chi connectivity index (χ1) is 5.12. The maximum absolute atomic E-state index is 10.8. The number of hydrogen-bond acceptors (Lipinski definition) is 4. The molecule has 5 heteroatoms. The Balaban J connectivity index is 3.83. The summed E-state index contributed by atoms with van der Waals surface area (Å²) < 4.78 is 25.8. The van der Waals surface area contributed by atoms with Crippen molar-refractivity contribution < 1.29 is 12.7 Å². The molecule has 0 atom stereocenters. The minimum absolute atomic E-state index is 0.0219. The highest BCUT2D eigenvalue weighted by Crippen LogP contribution is 1.95. The predicted molar refractivity (Wildman–Crippen MR) is 43.9 cm³/mol. The van der Waals surface area contributed by atoms with Crippen LogP contribution < -0.4 is 0 Å². The molecule has 0 saturated carbocycles. The minimum Gasteiger partial charge on any atom is -0.269 e. The van der Waals surface area contributed by atoms with E-state index in [9.17, 15) is 8.42 Å². The van der Waals surface area contributed by atoms with Gasteiger partial charge in [0.1, 0.15) is 0 Å². The summed E-state index contributed by atoms with van der Waals surface area (Å²) in [5.41, 5.74) is 0. The quantitative estimate of drug-likeness (QED) is 0.469. The summed E-state index contributed by atoms with van der Waals surface area (Å²) in [7, 11) is -3.40. The third-order valence-corrected chi connectivity index (χ3v) is 2.09. The Bertz CT molecular complexity index is 208. The van der Waals surface area contributed by atoms with Gasteiger partial charge in [-0.15, -0.1) is 0 Å². The van der Waals surface area contributed by atoms with Crippen LogP contribution in [0.4, 0.5) is 0 Å². The van der Waals surface area contributed by atoms with E-state index in [2.05, 4.69) is 9.44 Å². The van der Waals surface area contributed by atoms with Crippen LogP contribution >= 0.6 is 0 Å². The molecule has 0 aromatic heterocycles. The van der Waals surface area contributed by atoms with Crippen LogP contribution in [0.2, 0.25) is 0 Å². The Kier molecular flexibility index (Phi) is 4.85. The summed E-state index contributed by atoms with van der Waals surface area (Å²) >= 11 is 0. The van der Waals surface area contributed by atoms with Crippen LogP contribution in [-0.2, 0) is 14.4 Å². The third kappa shape index (κ3) is 5.84. The lowest BCUT2D eigenvalue weighted by atomic mass is 10.6. The summed E-state index contributed by atoms with van der Waals surface area (Å²) in [5.74, 6) is 0.0219. The second-order valence-corrected chi connectivity index (χ2v) is 3.71. The Morgan fingerprint density at radius 2 is 2.09 bits per heavy atom. The zero-order chi connectivity index (χ0) is 8.74. The number of rotatable bonds is 5. The lowest BCUT2D eigenvalue weighted by Gasteiger charge is -1.96. The first kappa shape index (κ1) is 10.4. The second kappa shape index (κ2) is 5.12. The Labute approximate surface area is 67.4 Å². The topological polar surface area (TPSA) is 55.7 Å². The summed E-state index contributed by atoms with van der Waals surface area (Å²) in [6, 6.07) is 0. The summed E-state index contributed by atoms with van der Waals surface area (Å²) in [5, 5.41) is 3.27. The summed E-state index contributed by atoms with van der Waals surface area (Å²) in [6.07, 6.45) is 2.62. The molecule has 0 saturated heterocycles. The Hall–Kier alpha value is -0.580. The first-order valence-corrected chi connectivity index (χ1v) is 5.13. The molecule has 0 aromatic carbocycles. The van der Waals surface area contributed by atoms with Crippen molar-refractivity contribution in [2.45, 2.75) is 26.7 Å². The van der Waals surface area contributed by atoms with E-state index < -0.39 is 10.1 Å². The van der Waals surface area contributed by atoms with Crippen molar-refractivity contribution in [2.24, 2.45) is 5.16 Å². The molecule has 0 aliphatic heterocycles. The molecule has 0 spiro atoms. The molecule has 66 valence electrons. The monoisotopic (exact) mass is 179 g/mol. The number of nitrogens with zero attached hydrogens (tertiary/aromatic N) is 1. The van der Waals surface area contributed by atoms with Crippen molar-refractivity contribution in [3.05, 3.63) is 0 Å². The Morgan fingerprint density at radius 1 is 1.45 bits per heavy atom. The van der Waals surface area contributed by atoms with Crippen LogP contribution in [0.15, 0.2) is 5.16 Å². The van der Waals surface area contributed by atoms with Gasteiger partial charge in [0.15, 0.2) is 0 Å². The zero-order valence-corrected chi connectivity index (χ0v) is 7.60. The molecular formula is C6H13NO3S. The van der Waals surface area contributed by atoms with Gasteiger partial charge in [-0.05, 0) is 12.8 Å². The maximum atomic E-state index is 10.8. The molecule has 0 unspecified atom stereocenters. The van der Waals surface area contributed by atoms with Gasteiger partial charge in [-0.25, -0.2) is 0 Å². The predicted octanol–water partition coefficient (Wildman–Crippen LogP) is 1.14. The average Bonchev–Trinajstić information content (AvgIpc) is 1.87. The lowest BCUT2D eigenvalue weighted by Crippen LogP contribution is -2.06. The van der Waals surface area contributed by atoms with Crippen LogP contribution in [0.25, 0.3) is 0 Å². The van der Waals surface area contributed by atoms with Crippen LogP contribution in [0.3, 0.4) is 0 Å². The van der Waals surface area contributed by atoms with Crippen LogP contribution in [0.5, 0.6) is 0 Å². The van der Waals surface area contributed by atoms with Crippen LogP contribution in [0.1, 0.15) is 26.7 Å². The summed E-state index contributed by atoms with van der Waals surface area (Å²) in [6.45, 7) is 3.61. The van der Waals surface area contributed by atoms with E-state index in [-0.39, 0.29) is 5.75 Å². The van der Waals surface area contributed by atoms with Crippen molar-refractivity contribution in [1.29, 1.82) is 0 Å². The molecule has 11 heavy (non-hydrogen) atoms.